The maximum Gasteiger partial charge on any atom is 0.299 e. The minimum absolute atomic E-state index is 0.474. The van der Waals surface area contributed by atoms with Gasteiger partial charge in [-0.3, -0.25) is 0 Å². The van der Waals surface area contributed by atoms with Crippen molar-refractivity contribution in [3.05, 3.63) is 29.8 Å². The highest BCUT2D eigenvalue weighted by atomic mass is 32.1. The topological polar surface area (TPSA) is 64.4 Å². The highest BCUT2D eigenvalue weighted by Gasteiger charge is 1.99. The molecule has 0 aliphatic rings. The molecule has 0 fully saturated rings. The summed E-state index contributed by atoms with van der Waals surface area (Å²) in [6, 6.07) is 6.69. The highest BCUT2D eigenvalue weighted by molar-refractivity contribution is 7.11. The molecule has 0 amide bonds. The third-order valence-electron chi connectivity index (χ3n) is 1.56. The van der Waals surface area contributed by atoms with Crippen LogP contribution in [0.15, 0.2) is 34.8 Å². The Bertz CT molecular complexity index is 475. The van der Waals surface area contributed by atoms with Crippen LogP contribution in [0, 0.1) is 0 Å². The van der Waals surface area contributed by atoms with E-state index in [1.54, 1.807) is 29.8 Å². The summed E-state index contributed by atoms with van der Waals surface area (Å²) in [5.74, 6) is 0.622. The van der Waals surface area contributed by atoms with E-state index in [9.17, 15) is 4.79 Å². The average molecular weight is 219 g/mol. The van der Waals surface area contributed by atoms with E-state index in [-0.39, 0.29) is 0 Å². The van der Waals surface area contributed by atoms with Gasteiger partial charge in [-0.2, -0.15) is 4.99 Å². The van der Waals surface area contributed by atoms with Crippen LogP contribution in [-0.2, 0) is 4.79 Å². The number of isocyanates is 1. The molecular formula is C9H5N3O2S. The maximum atomic E-state index is 9.98. The highest BCUT2D eigenvalue weighted by Crippen LogP contribution is 2.24. The normalized spacial score (nSPS) is 9.33. The van der Waals surface area contributed by atoms with Crippen molar-refractivity contribution in [2.45, 2.75) is 0 Å². The van der Waals surface area contributed by atoms with Gasteiger partial charge in [0.05, 0.1) is 5.69 Å². The molecule has 1 aromatic heterocycles. The van der Waals surface area contributed by atoms with Gasteiger partial charge in [0, 0.05) is 0 Å². The minimum atomic E-state index is 0.474. The summed E-state index contributed by atoms with van der Waals surface area (Å²) in [6.07, 6.45) is 1.46. The molecule has 0 N–H and O–H groups in total. The predicted octanol–water partition coefficient (Wildman–Crippen LogP) is 2.30. The van der Waals surface area contributed by atoms with Crippen molar-refractivity contribution in [3.63, 3.8) is 0 Å². The molecule has 0 atom stereocenters. The molecule has 0 unspecified atom stereocenters. The Morgan fingerprint density at radius 2 is 2.13 bits per heavy atom. The Hall–Kier alpha value is -2.04. The molecule has 0 bridgehead atoms. The third-order valence-corrected chi connectivity index (χ3v) is 2.12. The van der Waals surface area contributed by atoms with E-state index in [0.29, 0.717) is 16.6 Å². The third kappa shape index (κ3) is 2.46. The van der Waals surface area contributed by atoms with Crippen LogP contribution in [0.1, 0.15) is 0 Å². The van der Waals surface area contributed by atoms with Gasteiger partial charge in [0.1, 0.15) is 11.3 Å². The molecule has 0 saturated heterocycles. The van der Waals surface area contributed by atoms with Crippen molar-refractivity contribution in [1.82, 2.24) is 10.2 Å². The second-order valence-electron chi connectivity index (χ2n) is 2.50. The van der Waals surface area contributed by atoms with E-state index in [1.807, 2.05) is 0 Å². The molecule has 1 heterocycles. The van der Waals surface area contributed by atoms with Crippen LogP contribution in [0.25, 0.3) is 0 Å². The molecule has 0 spiro atoms. The van der Waals surface area contributed by atoms with Crippen LogP contribution in [0.4, 0.5) is 5.69 Å². The molecule has 0 aliphatic heterocycles. The van der Waals surface area contributed by atoms with Crippen molar-refractivity contribution in [3.8, 4) is 10.9 Å². The molecule has 0 saturated carbocycles. The van der Waals surface area contributed by atoms with Gasteiger partial charge in [-0.25, -0.2) is 4.79 Å². The fourth-order valence-corrected chi connectivity index (χ4v) is 1.37. The SMILES string of the molecule is O=C=Nc1ccc(Oc2nncs2)cc1. The predicted molar refractivity (Wildman–Crippen MR) is 54.2 cm³/mol. The van der Waals surface area contributed by atoms with E-state index in [0.717, 1.165) is 0 Å². The molecule has 6 heteroatoms. The number of carbonyl (C=O) groups excluding carboxylic acids is 1. The average Bonchev–Trinajstić information content (AvgIpc) is 2.74. The van der Waals surface area contributed by atoms with Gasteiger partial charge >= 0.3 is 0 Å². The second-order valence-corrected chi connectivity index (χ2v) is 3.30. The molecule has 15 heavy (non-hydrogen) atoms. The number of hydrogen-bond donors (Lipinski definition) is 0. The van der Waals surface area contributed by atoms with Crippen molar-refractivity contribution < 1.29 is 9.53 Å². The molecule has 74 valence electrons. The van der Waals surface area contributed by atoms with Crippen molar-refractivity contribution >= 4 is 23.1 Å². The first-order valence-corrected chi connectivity index (χ1v) is 4.88. The van der Waals surface area contributed by atoms with Gasteiger partial charge in [0.2, 0.25) is 6.08 Å². The van der Waals surface area contributed by atoms with Crippen LogP contribution >= 0.6 is 11.3 Å². The van der Waals surface area contributed by atoms with Gasteiger partial charge in [0.15, 0.2) is 0 Å². The van der Waals surface area contributed by atoms with E-state index in [4.69, 9.17) is 4.74 Å². The van der Waals surface area contributed by atoms with Gasteiger partial charge in [-0.05, 0) is 24.3 Å². The molecule has 5 nitrogen and oxygen atoms in total. The summed E-state index contributed by atoms with van der Waals surface area (Å²) in [6.45, 7) is 0. The van der Waals surface area contributed by atoms with Crippen LogP contribution in [0.5, 0.6) is 10.9 Å². The van der Waals surface area contributed by atoms with Crippen LogP contribution in [-0.4, -0.2) is 16.3 Å². The summed E-state index contributed by atoms with van der Waals surface area (Å²) in [4.78, 5) is 13.4. The first-order valence-electron chi connectivity index (χ1n) is 4.00. The van der Waals surface area contributed by atoms with Gasteiger partial charge < -0.3 is 4.74 Å². The standard InChI is InChI=1S/C9H5N3O2S/c13-5-10-7-1-3-8(4-2-7)14-9-12-11-6-15-9/h1-4,6H. The van der Waals surface area contributed by atoms with Crippen molar-refractivity contribution in [1.29, 1.82) is 0 Å². The van der Waals surface area contributed by atoms with E-state index in [2.05, 4.69) is 15.2 Å². The maximum absolute atomic E-state index is 9.98. The fraction of sp³-hybridized carbons (Fsp3) is 0. The van der Waals surface area contributed by atoms with Gasteiger partial charge in [0.25, 0.3) is 5.19 Å². The largest absolute Gasteiger partial charge is 0.430 e. The Balaban J connectivity index is 2.14. The summed E-state index contributed by atoms with van der Waals surface area (Å²) >= 11 is 1.30. The Labute approximate surface area is 89.1 Å². The zero-order valence-electron chi connectivity index (χ0n) is 7.45. The lowest BCUT2D eigenvalue weighted by Gasteiger charge is -1.99. The molecular weight excluding hydrogens is 214 g/mol. The summed E-state index contributed by atoms with van der Waals surface area (Å²) in [5.41, 5.74) is 2.12. The molecule has 2 rings (SSSR count). The Morgan fingerprint density at radius 3 is 2.73 bits per heavy atom. The molecule has 0 radical (unpaired) electrons. The first kappa shape index (κ1) is 9.51. The van der Waals surface area contributed by atoms with E-state index >= 15 is 0 Å². The van der Waals surface area contributed by atoms with Gasteiger partial charge in [-0.1, -0.05) is 16.4 Å². The molecule has 0 aliphatic carbocycles. The Kier molecular flexibility index (Phi) is 2.82. The number of rotatable bonds is 3. The van der Waals surface area contributed by atoms with Crippen molar-refractivity contribution in [2.75, 3.05) is 0 Å². The first-order chi connectivity index (χ1) is 7.38. The Morgan fingerprint density at radius 1 is 1.33 bits per heavy atom. The van der Waals surface area contributed by atoms with Crippen molar-refractivity contribution in [2.24, 2.45) is 4.99 Å². The lowest BCUT2D eigenvalue weighted by Crippen LogP contribution is -1.82. The lowest BCUT2D eigenvalue weighted by molar-refractivity contribution is 0.473. The van der Waals surface area contributed by atoms with E-state index < -0.39 is 0 Å². The monoisotopic (exact) mass is 219 g/mol. The van der Waals surface area contributed by atoms with Gasteiger partial charge in [-0.15, -0.1) is 5.10 Å². The van der Waals surface area contributed by atoms with E-state index in [1.165, 1.54) is 17.4 Å². The number of aliphatic imine (C=N–C) groups is 1. The zero-order chi connectivity index (χ0) is 10.5. The minimum Gasteiger partial charge on any atom is -0.430 e. The van der Waals surface area contributed by atoms with Crippen LogP contribution < -0.4 is 4.74 Å². The summed E-state index contributed by atoms with van der Waals surface area (Å²) in [7, 11) is 0. The zero-order valence-corrected chi connectivity index (χ0v) is 8.27. The number of benzene rings is 1. The fourth-order valence-electron chi connectivity index (χ4n) is 0.950. The number of aromatic nitrogens is 2. The van der Waals surface area contributed by atoms with Crippen LogP contribution in [0.2, 0.25) is 0 Å². The summed E-state index contributed by atoms with van der Waals surface area (Å²) < 4.78 is 5.36. The smallest absolute Gasteiger partial charge is 0.299 e. The summed E-state index contributed by atoms with van der Waals surface area (Å²) in [5, 5.41) is 7.84. The number of hydrogen-bond acceptors (Lipinski definition) is 6. The second kappa shape index (κ2) is 4.45. The molecule has 2 aromatic rings. The van der Waals surface area contributed by atoms with Crippen LogP contribution in [0.3, 0.4) is 0 Å². The number of nitrogens with zero attached hydrogens (tertiary/aromatic N) is 3. The lowest BCUT2D eigenvalue weighted by atomic mass is 10.3. The molecule has 1 aromatic carbocycles. The number of ether oxygens (including phenoxy) is 1. The quantitative estimate of drug-likeness (QED) is 0.586.